The Labute approximate surface area is 112 Å². The summed E-state index contributed by atoms with van der Waals surface area (Å²) in [5.74, 6) is 0.631. The minimum absolute atomic E-state index is 0.181. The van der Waals surface area contributed by atoms with Crippen LogP contribution >= 0.6 is 0 Å². The molecule has 0 radical (unpaired) electrons. The number of pyridine rings is 1. The highest BCUT2D eigenvalue weighted by molar-refractivity contribution is 5.20. The molecule has 0 aliphatic heterocycles. The van der Waals surface area contributed by atoms with Crippen molar-refractivity contribution in [3.05, 3.63) is 35.8 Å². The highest BCUT2D eigenvalue weighted by Gasteiger charge is 2.15. The van der Waals surface area contributed by atoms with E-state index < -0.39 is 0 Å². The number of ether oxygens (including phenoxy) is 1. The van der Waals surface area contributed by atoms with Crippen molar-refractivity contribution in [3.8, 4) is 5.88 Å². The molecule has 2 aromatic rings. The first-order chi connectivity index (χ1) is 9.24. The van der Waals surface area contributed by atoms with Crippen LogP contribution in [0.25, 0.3) is 0 Å². The zero-order valence-corrected chi connectivity index (χ0v) is 11.5. The van der Waals surface area contributed by atoms with Crippen LogP contribution in [-0.2, 0) is 13.5 Å². The quantitative estimate of drug-likeness (QED) is 0.844. The van der Waals surface area contributed by atoms with Crippen molar-refractivity contribution in [1.82, 2.24) is 25.3 Å². The molecule has 2 heterocycles. The van der Waals surface area contributed by atoms with Gasteiger partial charge in [-0.05, 0) is 18.5 Å². The Hall–Kier alpha value is -1.95. The van der Waals surface area contributed by atoms with Crippen LogP contribution in [0.4, 0.5) is 0 Å². The monoisotopic (exact) mass is 261 g/mol. The smallest absolute Gasteiger partial charge is 0.212 e. The first-order valence-corrected chi connectivity index (χ1v) is 6.31. The fourth-order valence-electron chi connectivity index (χ4n) is 2.03. The Morgan fingerprint density at radius 2 is 2.21 bits per heavy atom. The largest absolute Gasteiger partial charge is 0.481 e. The van der Waals surface area contributed by atoms with Crippen molar-refractivity contribution in [3.63, 3.8) is 0 Å². The number of hydrogen-bond donors (Lipinski definition) is 1. The molecule has 2 rings (SSSR count). The number of rotatable bonds is 6. The van der Waals surface area contributed by atoms with Gasteiger partial charge in [-0.25, -0.2) is 4.98 Å². The lowest BCUT2D eigenvalue weighted by molar-refractivity contribution is 0.397. The van der Waals surface area contributed by atoms with Crippen LogP contribution in [0, 0.1) is 0 Å². The number of likely N-dealkylation sites (N-methyl/N-ethyl adjacent to an activating group) is 1. The summed E-state index contributed by atoms with van der Waals surface area (Å²) in [4.78, 5) is 4.23. The Bertz CT molecular complexity index is 508. The lowest BCUT2D eigenvalue weighted by Gasteiger charge is -2.17. The van der Waals surface area contributed by atoms with Gasteiger partial charge >= 0.3 is 0 Å². The van der Waals surface area contributed by atoms with E-state index in [9.17, 15) is 0 Å². The molecule has 1 unspecified atom stereocenters. The van der Waals surface area contributed by atoms with E-state index in [1.807, 2.05) is 25.4 Å². The van der Waals surface area contributed by atoms with Gasteiger partial charge in [-0.15, -0.1) is 5.10 Å². The molecule has 19 heavy (non-hydrogen) atoms. The standard InChI is InChI=1S/C13H19N5O/c1-4-14-11(12-9-16-17-18(12)2)7-10-5-6-13(19-3)15-8-10/h5-6,8-9,11,14H,4,7H2,1-3H3. The number of aromatic nitrogens is 4. The third-order valence-corrected chi connectivity index (χ3v) is 3.00. The maximum atomic E-state index is 5.06. The van der Waals surface area contributed by atoms with Crippen LogP contribution in [0.2, 0.25) is 0 Å². The average molecular weight is 261 g/mol. The maximum absolute atomic E-state index is 5.06. The molecule has 1 atom stereocenters. The molecular formula is C13H19N5O. The van der Waals surface area contributed by atoms with Gasteiger partial charge in [0, 0.05) is 19.3 Å². The van der Waals surface area contributed by atoms with Crippen LogP contribution in [0.15, 0.2) is 24.5 Å². The lowest BCUT2D eigenvalue weighted by Crippen LogP contribution is -2.25. The number of methoxy groups -OCH3 is 1. The summed E-state index contributed by atoms with van der Waals surface area (Å²) in [5.41, 5.74) is 2.21. The highest BCUT2D eigenvalue weighted by atomic mass is 16.5. The molecule has 0 spiro atoms. The van der Waals surface area contributed by atoms with Crippen LogP contribution in [0.5, 0.6) is 5.88 Å². The third-order valence-electron chi connectivity index (χ3n) is 3.00. The molecule has 0 amide bonds. The summed E-state index contributed by atoms with van der Waals surface area (Å²) in [6.45, 7) is 2.97. The van der Waals surface area contributed by atoms with E-state index in [0.717, 1.165) is 24.2 Å². The molecule has 2 aromatic heterocycles. The van der Waals surface area contributed by atoms with Crippen molar-refractivity contribution in [1.29, 1.82) is 0 Å². The summed E-state index contributed by atoms with van der Waals surface area (Å²) in [6, 6.07) is 4.08. The summed E-state index contributed by atoms with van der Waals surface area (Å²) >= 11 is 0. The maximum Gasteiger partial charge on any atom is 0.212 e. The van der Waals surface area contributed by atoms with Gasteiger partial charge in [0.05, 0.1) is 25.0 Å². The molecule has 102 valence electrons. The molecule has 0 fully saturated rings. The Balaban J connectivity index is 2.14. The summed E-state index contributed by atoms with van der Waals surface area (Å²) in [7, 11) is 3.52. The average Bonchev–Trinajstić information content (AvgIpc) is 2.85. The zero-order chi connectivity index (χ0) is 13.7. The Morgan fingerprint density at radius 1 is 1.37 bits per heavy atom. The number of nitrogens with zero attached hydrogens (tertiary/aromatic N) is 4. The SMILES string of the molecule is CCNC(Cc1ccc(OC)nc1)c1cnnn1C. The van der Waals surface area contributed by atoms with Crippen molar-refractivity contribution >= 4 is 0 Å². The van der Waals surface area contributed by atoms with E-state index in [2.05, 4.69) is 27.5 Å². The second-order valence-corrected chi connectivity index (χ2v) is 4.31. The molecule has 0 saturated carbocycles. The van der Waals surface area contributed by atoms with Gasteiger partial charge in [0.15, 0.2) is 0 Å². The molecule has 0 saturated heterocycles. The van der Waals surface area contributed by atoms with E-state index in [0.29, 0.717) is 5.88 Å². The normalized spacial score (nSPS) is 12.4. The topological polar surface area (TPSA) is 64.9 Å². The third kappa shape index (κ3) is 3.29. The molecule has 0 aliphatic carbocycles. The second-order valence-electron chi connectivity index (χ2n) is 4.31. The summed E-state index contributed by atoms with van der Waals surface area (Å²) in [5, 5.41) is 11.4. The minimum atomic E-state index is 0.181. The van der Waals surface area contributed by atoms with E-state index >= 15 is 0 Å². The first kappa shape index (κ1) is 13.5. The minimum Gasteiger partial charge on any atom is -0.481 e. The van der Waals surface area contributed by atoms with Crippen molar-refractivity contribution in [2.24, 2.45) is 7.05 Å². The summed E-state index contributed by atoms with van der Waals surface area (Å²) < 4.78 is 6.86. The number of hydrogen-bond acceptors (Lipinski definition) is 5. The first-order valence-electron chi connectivity index (χ1n) is 6.31. The predicted octanol–water partition coefficient (Wildman–Crippen LogP) is 1.11. The number of nitrogens with one attached hydrogen (secondary N) is 1. The van der Waals surface area contributed by atoms with Gasteiger partial charge in [0.25, 0.3) is 0 Å². The lowest BCUT2D eigenvalue weighted by atomic mass is 10.1. The summed E-state index contributed by atoms with van der Waals surface area (Å²) in [6.07, 6.45) is 4.48. The van der Waals surface area contributed by atoms with E-state index in [4.69, 9.17) is 4.74 Å². The molecule has 6 heteroatoms. The van der Waals surface area contributed by atoms with E-state index in [1.54, 1.807) is 18.0 Å². The van der Waals surface area contributed by atoms with Crippen molar-refractivity contribution in [2.45, 2.75) is 19.4 Å². The van der Waals surface area contributed by atoms with Crippen molar-refractivity contribution < 1.29 is 4.74 Å². The Kier molecular flexibility index (Phi) is 4.46. The fraction of sp³-hybridized carbons (Fsp3) is 0.462. The van der Waals surface area contributed by atoms with Crippen LogP contribution in [0.1, 0.15) is 24.2 Å². The van der Waals surface area contributed by atoms with Crippen LogP contribution in [0.3, 0.4) is 0 Å². The van der Waals surface area contributed by atoms with Gasteiger partial charge < -0.3 is 10.1 Å². The molecule has 0 bridgehead atoms. The van der Waals surface area contributed by atoms with Crippen LogP contribution in [-0.4, -0.2) is 33.6 Å². The fourth-order valence-corrected chi connectivity index (χ4v) is 2.03. The van der Waals surface area contributed by atoms with Gasteiger partial charge in [0.2, 0.25) is 5.88 Å². The highest BCUT2D eigenvalue weighted by Crippen LogP contribution is 2.17. The molecule has 0 aromatic carbocycles. The van der Waals surface area contributed by atoms with Gasteiger partial charge in [-0.2, -0.15) is 0 Å². The van der Waals surface area contributed by atoms with Crippen LogP contribution < -0.4 is 10.1 Å². The second kappa shape index (κ2) is 6.29. The van der Waals surface area contributed by atoms with Gasteiger partial charge in [-0.3, -0.25) is 4.68 Å². The molecular weight excluding hydrogens is 242 g/mol. The number of aryl methyl sites for hydroxylation is 1. The molecule has 6 nitrogen and oxygen atoms in total. The van der Waals surface area contributed by atoms with Crippen molar-refractivity contribution in [2.75, 3.05) is 13.7 Å². The molecule has 1 N–H and O–H groups in total. The van der Waals surface area contributed by atoms with E-state index in [-0.39, 0.29) is 6.04 Å². The molecule has 0 aliphatic rings. The van der Waals surface area contributed by atoms with E-state index in [1.165, 1.54) is 0 Å². The Morgan fingerprint density at radius 3 is 2.74 bits per heavy atom. The van der Waals surface area contributed by atoms with Gasteiger partial charge in [0.1, 0.15) is 0 Å². The van der Waals surface area contributed by atoms with Gasteiger partial charge in [-0.1, -0.05) is 18.2 Å². The predicted molar refractivity (Wildman–Crippen MR) is 71.9 cm³/mol. The zero-order valence-electron chi connectivity index (χ0n) is 11.5.